The normalized spacial score (nSPS) is 17.2. The Morgan fingerprint density at radius 2 is 2.20 bits per heavy atom. The lowest BCUT2D eigenvalue weighted by Crippen LogP contribution is -2.45. The number of carbonyl (C=O) groups excluding carboxylic acids is 1. The third kappa shape index (κ3) is 6.33. The third-order valence-corrected chi connectivity index (χ3v) is 3.96. The van der Waals surface area contributed by atoms with Crippen molar-refractivity contribution < 1.29 is 14.3 Å². The Labute approximate surface area is 164 Å². The average Bonchev–Trinajstić information content (AvgIpc) is 3.03. The van der Waals surface area contributed by atoms with Crippen molar-refractivity contribution in [2.24, 2.45) is 4.99 Å². The van der Waals surface area contributed by atoms with Gasteiger partial charge in [-0.2, -0.15) is 0 Å². The molecule has 1 aliphatic rings. The van der Waals surface area contributed by atoms with Crippen molar-refractivity contribution in [1.29, 1.82) is 0 Å². The van der Waals surface area contributed by atoms with Crippen LogP contribution in [0.4, 0.5) is 4.39 Å². The molecule has 0 saturated carbocycles. The number of benzene rings is 1. The van der Waals surface area contributed by atoms with Gasteiger partial charge >= 0.3 is 0 Å². The summed E-state index contributed by atoms with van der Waals surface area (Å²) in [7, 11) is 0. The lowest BCUT2D eigenvalue weighted by molar-refractivity contribution is -0.129. The monoisotopic (exact) mass is 464 g/mol. The topological polar surface area (TPSA) is 77.0 Å². The summed E-state index contributed by atoms with van der Waals surface area (Å²) in [6, 6.07) is 4.41. The molecule has 3 N–H and O–H groups in total. The first-order chi connectivity index (χ1) is 11.5. The summed E-state index contributed by atoms with van der Waals surface area (Å²) in [6.07, 6.45) is 1.40. The number of nitrogens with one attached hydrogen (secondary N) is 2. The van der Waals surface area contributed by atoms with Crippen LogP contribution in [0.5, 0.6) is 5.75 Å². The van der Waals surface area contributed by atoms with E-state index in [1.165, 1.54) is 12.1 Å². The average molecular weight is 464 g/mol. The van der Waals surface area contributed by atoms with E-state index in [0.29, 0.717) is 37.6 Å². The van der Waals surface area contributed by atoms with Gasteiger partial charge in [-0.3, -0.25) is 4.79 Å². The molecule has 6 nitrogen and oxygen atoms in total. The minimum Gasteiger partial charge on any atom is -0.505 e. The van der Waals surface area contributed by atoms with E-state index in [2.05, 4.69) is 15.6 Å². The second-order valence-corrected chi connectivity index (χ2v) is 5.80. The van der Waals surface area contributed by atoms with Crippen molar-refractivity contribution in [2.45, 2.75) is 39.3 Å². The first kappa shape index (κ1) is 21.5. The van der Waals surface area contributed by atoms with Crippen LogP contribution in [0.3, 0.4) is 0 Å². The largest absolute Gasteiger partial charge is 0.505 e. The number of hydrogen-bond acceptors (Lipinski definition) is 3. The molecule has 0 spiro atoms. The molecule has 1 aromatic rings. The van der Waals surface area contributed by atoms with E-state index in [-0.39, 0.29) is 41.7 Å². The van der Waals surface area contributed by atoms with Crippen LogP contribution >= 0.6 is 24.0 Å². The molecule has 1 amide bonds. The lowest BCUT2D eigenvalue weighted by Gasteiger charge is -2.18. The number of aliphatic imine (C=N–C) groups is 1. The quantitative estimate of drug-likeness (QED) is 0.355. The Balaban J connectivity index is 0.00000312. The van der Waals surface area contributed by atoms with Crippen LogP contribution in [-0.2, 0) is 11.3 Å². The highest BCUT2D eigenvalue weighted by Crippen LogP contribution is 2.16. The van der Waals surface area contributed by atoms with Crippen molar-refractivity contribution in [3.63, 3.8) is 0 Å². The first-order valence-electron chi connectivity index (χ1n) is 8.33. The molecule has 0 aromatic heterocycles. The van der Waals surface area contributed by atoms with Crippen LogP contribution in [0.25, 0.3) is 0 Å². The SMILES string of the molecule is CCNC(=NCc1ccc(O)c(F)c1)NC1CCN(C(=O)CC)C1.I. The molecule has 0 radical (unpaired) electrons. The summed E-state index contributed by atoms with van der Waals surface area (Å²) < 4.78 is 13.4. The molecule has 1 aromatic carbocycles. The number of amides is 1. The van der Waals surface area contributed by atoms with Gasteiger partial charge in [-0.05, 0) is 31.0 Å². The summed E-state index contributed by atoms with van der Waals surface area (Å²) in [6.45, 7) is 6.28. The minimum absolute atomic E-state index is 0. The molecule has 0 aliphatic carbocycles. The molecule has 1 aliphatic heterocycles. The van der Waals surface area contributed by atoms with E-state index in [0.717, 1.165) is 13.0 Å². The zero-order valence-corrected chi connectivity index (χ0v) is 16.9. The summed E-state index contributed by atoms with van der Waals surface area (Å²) in [5.41, 5.74) is 0.678. The fourth-order valence-electron chi connectivity index (χ4n) is 2.66. The van der Waals surface area contributed by atoms with E-state index in [1.54, 1.807) is 6.07 Å². The first-order valence-corrected chi connectivity index (χ1v) is 8.33. The number of phenolic OH excluding ortho intramolecular Hbond substituents is 1. The highest BCUT2D eigenvalue weighted by Gasteiger charge is 2.25. The van der Waals surface area contributed by atoms with Gasteiger partial charge in [0.1, 0.15) is 0 Å². The van der Waals surface area contributed by atoms with Gasteiger partial charge in [0.15, 0.2) is 17.5 Å². The maximum absolute atomic E-state index is 13.4. The van der Waals surface area contributed by atoms with Crippen LogP contribution in [0, 0.1) is 5.82 Å². The number of likely N-dealkylation sites (tertiary alicyclic amines) is 1. The number of hydrogen-bond donors (Lipinski definition) is 3. The Bertz CT molecular complexity index is 612. The minimum atomic E-state index is -0.648. The van der Waals surface area contributed by atoms with Crippen molar-refractivity contribution >= 4 is 35.8 Å². The maximum Gasteiger partial charge on any atom is 0.222 e. The zero-order chi connectivity index (χ0) is 17.5. The van der Waals surface area contributed by atoms with E-state index < -0.39 is 5.82 Å². The fourth-order valence-corrected chi connectivity index (χ4v) is 2.66. The number of carbonyl (C=O) groups is 1. The van der Waals surface area contributed by atoms with Gasteiger partial charge in [-0.1, -0.05) is 13.0 Å². The van der Waals surface area contributed by atoms with E-state index >= 15 is 0 Å². The van der Waals surface area contributed by atoms with Gasteiger partial charge in [0.25, 0.3) is 0 Å². The molecule has 1 saturated heterocycles. The lowest BCUT2D eigenvalue weighted by atomic mass is 10.2. The molecule has 1 heterocycles. The van der Waals surface area contributed by atoms with Crippen LogP contribution in [0.15, 0.2) is 23.2 Å². The summed E-state index contributed by atoms with van der Waals surface area (Å²) in [4.78, 5) is 18.0. The number of nitrogens with zero attached hydrogens (tertiary/aromatic N) is 2. The van der Waals surface area contributed by atoms with Crippen molar-refractivity contribution in [2.75, 3.05) is 19.6 Å². The second-order valence-electron chi connectivity index (χ2n) is 5.80. The van der Waals surface area contributed by atoms with Gasteiger partial charge < -0.3 is 20.6 Å². The molecule has 1 atom stereocenters. The van der Waals surface area contributed by atoms with Crippen molar-refractivity contribution in [3.05, 3.63) is 29.6 Å². The van der Waals surface area contributed by atoms with Crippen LogP contribution in [-0.4, -0.2) is 47.5 Å². The number of rotatable bonds is 5. The van der Waals surface area contributed by atoms with Crippen LogP contribution in [0.2, 0.25) is 0 Å². The summed E-state index contributed by atoms with van der Waals surface area (Å²) in [5.74, 6) is -0.202. The smallest absolute Gasteiger partial charge is 0.222 e. The van der Waals surface area contributed by atoms with Crippen LogP contribution < -0.4 is 10.6 Å². The van der Waals surface area contributed by atoms with Gasteiger partial charge in [-0.25, -0.2) is 9.38 Å². The number of aromatic hydroxyl groups is 1. The maximum atomic E-state index is 13.4. The van der Waals surface area contributed by atoms with Crippen LogP contribution in [0.1, 0.15) is 32.3 Å². The predicted molar refractivity (Wildman–Crippen MR) is 107 cm³/mol. The molecule has 8 heteroatoms. The van der Waals surface area contributed by atoms with Crippen molar-refractivity contribution in [1.82, 2.24) is 15.5 Å². The highest BCUT2D eigenvalue weighted by molar-refractivity contribution is 14.0. The van der Waals surface area contributed by atoms with E-state index in [9.17, 15) is 14.3 Å². The Morgan fingerprint density at radius 3 is 2.84 bits per heavy atom. The molecule has 25 heavy (non-hydrogen) atoms. The molecule has 1 unspecified atom stereocenters. The standard InChI is InChI=1S/C17H25FN4O2.HI/c1-3-16(24)22-8-7-13(11-22)21-17(19-4-2)20-10-12-5-6-15(23)14(18)9-12;/h5-6,9,13,23H,3-4,7-8,10-11H2,1-2H3,(H2,19,20,21);1H. The van der Waals surface area contributed by atoms with Gasteiger partial charge in [0, 0.05) is 32.1 Å². The third-order valence-electron chi connectivity index (χ3n) is 3.96. The Morgan fingerprint density at radius 1 is 1.44 bits per heavy atom. The number of halogens is 2. The molecule has 2 rings (SSSR count). The van der Waals surface area contributed by atoms with E-state index in [4.69, 9.17) is 0 Å². The van der Waals surface area contributed by atoms with Gasteiger partial charge in [0.2, 0.25) is 5.91 Å². The summed E-state index contributed by atoms with van der Waals surface area (Å²) in [5, 5.41) is 15.7. The highest BCUT2D eigenvalue weighted by atomic mass is 127. The predicted octanol–water partition coefficient (Wildman–Crippen LogP) is 2.22. The molecule has 1 fully saturated rings. The number of phenols is 1. The van der Waals surface area contributed by atoms with Gasteiger partial charge in [0.05, 0.1) is 6.54 Å². The molecule has 140 valence electrons. The number of guanidine groups is 1. The molecule has 0 bridgehead atoms. The molecular weight excluding hydrogens is 438 g/mol. The van der Waals surface area contributed by atoms with E-state index in [1.807, 2.05) is 18.7 Å². The zero-order valence-electron chi connectivity index (χ0n) is 14.6. The van der Waals surface area contributed by atoms with Crippen molar-refractivity contribution in [3.8, 4) is 5.75 Å². The van der Waals surface area contributed by atoms with Gasteiger partial charge in [-0.15, -0.1) is 24.0 Å². The second kappa shape index (κ2) is 10.4. The Kier molecular flexibility index (Phi) is 8.95. The Hall–Kier alpha value is -1.58. The summed E-state index contributed by atoms with van der Waals surface area (Å²) >= 11 is 0. The molecular formula is C17H26FIN4O2. The fraction of sp³-hybridized carbons (Fsp3) is 0.529.